The number of thiocarbonyl (C=S) groups is 1. The quantitative estimate of drug-likeness (QED) is 0.845. The van der Waals surface area contributed by atoms with E-state index in [0.717, 1.165) is 12.1 Å². The Balaban J connectivity index is 2.91. The number of hydrogen-bond acceptors (Lipinski definition) is 3. The lowest BCUT2D eigenvalue weighted by molar-refractivity contribution is -0.139. The molecule has 0 aliphatic heterocycles. The number of nitrogens with two attached hydrogens (primary N) is 1. The molecule has 0 unspecified atom stereocenters. The second kappa shape index (κ2) is 6.75. The summed E-state index contributed by atoms with van der Waals surface area (Å²) in [6, 6.07) is 3.34. The summed E-state index contributed by atoms with van der Waals surface area (Å²) in [5.41, 5.74) is 4.46. The van der Waals surface area contributed by atoms with Crippen LogP contribution in [0, 0.1) is 0 Å². The molecule has 0 aliphatic carbocycles. The highest BCUT2D eigenvalue weighted by molar-refractivity contribution is 7.80. The second-order valence-electron chi connectivity index (χ2n) is 4.46. The van der Waals surface area contributed by atoms with E-state index in [9.17, 15) is 18.0 Å². The number of halogens is 3. The van der Waals surface area contributed by atoms with Crippen molar-refractivity contribution in [1.29, 1.82) is 0 Å². The van der Waals surface area contributed by atoms with Crippen LogP contribution in [0.15, 0.2) is 18.2 Å². The van der Waals surface area contributed by atoms with Gasteiger partial charge in [0.05, 0.1) is 18.6 Å². The topological polar surface area (TPSA) is 55.6 Å². The Morgan fingerprint density at radius 3 is 2.48 bits per heavy atom. The summed E-state index contributed by atoms with van der Waals surface area (Å²) in [5.74, 6) is -0.586. The van der Waals surface area contributed by atoms with Gasteiger partial charge in [0.25, 0.3) is 0 Å². The fourth-order valence-corrected chi connectivity index (χ4v) is 1.63. The molecule has 0 bridgehead atoms. The minimum Gasteiger partial charge on any atom is -0.492 e. The van der Waals surface area contributed by atoms with Crippen LogP contribution in [0.3, 0.4) is 0 Å². The van der Waals surface area contributed by atoms with Crippen LogP contribution in [-0.4, -0.2) is 36.5 Å². The van der Waals surface area contributed by atoms with E-state index in [-0.39, 0.29) is 35.2 Å². The van der Waals surface area contributed by atoms with Crippen LogP contribution in [0.1, 0.15) is 17.5 Å². The van der Waals surface area contributed by atoms with Crippen molar-refractivity contribution >= 4 is 23.1 Å². The summed E-state index contributed by atoms with van der Waals surface area (Å²) in [7, 11) is 3.11. The molecular formula is C13H15F3N2O2S. The molecule has 0 aliphatic rings. The number of hydrogen-bond donors (Lipinski definition) is 1. The SMILES string of the molecule is CN(C)C(=O)CCOc1ccc(C(N)=S)cc1C(F)(F)F. The fraction of sp³-hybridized carbons (Fsp3) is 0.385. The lowest BCUT2D eigenvalue weighted by atomic mass is 10.1. The molecule has 0 aromatic heterocycles. The number of carbonyl (C=O) groups is 1. The minimum absolute atomic E-state index is 0.0126. The molecule has 1 amide bonds. The zero-order chi connectivity index (χ0) is 16.2. The Bertz CT molecular complexity index is 545. The predicted octanol–water partition coefficient (Wildman–Crippen LogP) is 2.20. The Kier molecular flexibility index (Phi) is 5.54. The van der Waals surface area contributed by atoms with Crippen LogP contribution < -0.4 is 10.5 Å². The van der Waals surface area contributed by atoms with Gasteiger partial charge in [0, 0.05) is 19.7 Å². The molecule has 1 aromatic carbocycles. The Morgan fingerprint density at radius 1 is 1.38 bits per heavy atom. The zero-order valence-corrected chi connectivity index (χ0v) is 12.3. The summed E-state index contributed by atoms with van der Waals surface area (Å²) in [6.07, 6.45) is -4.61. The van der Waals surface area contributed by atoms with E-state index in [1.165, 1.54) is 11.0 Å². The number of benzene rings is 1. The molecule has 21 heavy (non-hydrogen) atoms. The number of nitrogens with zero attached hydrogens (tertiary/aromatic N) is 1. The third-order valence-electron chi connectivity index (χ3n) is 2.64. The molecule has 2 N–H and O–H groups in total. The third kappa shape index (κ3) is 4.89. The van der Waals surface area contributed by atoms with Crippen molar-refractivity contribution in [3.63, 3.8) is 0 Å². The van der Waals surface area contributed by atoms with Crippen molar-refractivity contribution in [2.75, 3.05) is 20.7 Å². The molecule has 1 aromatic rings. The third-order valence-corrected chi connectivity index (χ3v) is 2.88. The Labute approximate surface area is 125 Å². The largest absolute Gasteiger partial charge is 0.492 e. The molecule has 0 fully saturated rings. The first kappa shape index (κ1) is 17.2. The van der Waals surface area contributed by atoms with Crippen LogP contribution in [0.2, 0.25) is 0 Å². The van der Waals surface area contributed by atoms with E-state index >= 15 is 0 Å². The van der Waals surface area contributed by atoms with Gasteiger partial charge in [0.1, 0.15) is 10.7 Å². The van der Waals surface area contributed by atoms with Crippen LogP contribution in [0.5, 0.6) is 5.75 Å². The first-order valence-electron chi connectivity index (χ1n) is 5.97. The van der Waals surface area contributed by atoms with Gasteiger partial charge in [-0.1, -0.05) is 12.2 Å². The van der Waals surface area contributed by atoms with Crippen molar-refractivity contribution in [1.82, 2.24) is 4.90 Å². The highest BCUT2D eigenvalue weighted by atomic mass is 32.1. The van der Waals surface area contributed by atoms with Gasteiger partial charge in [-0.25, -0.2) is 0 Å². The van der Waals surface area contributed by atoms with Gasteiger partial charge in [0.15, 0.2) is 0 Å². The molecule has 1 rings (SSSR count). The molecule has 116 valence electrons. The number of amides is 1. The van der Waals surface area contributed by atoms with Crippen LogP contribution in [0.25, 0.3) is 0 Å². The second-order valence-corrected chi connectivity index (χ2v) is 4.90. The number of alkyl halides is 3. The van der Waals surface area contributed by atoms with E-state index in [1.807, 2.05) is 0 Å². The van der Waals surface area contributed by atoms with Crippen LogP contribution in [-0.2, 0) is 11.0 Å². The maximum Gasteiger partial charge on any atom is 0.419 e. The smallest absolute Gasteiger partial charge is 0.419 e. The van der Waals surface area contributed by atoms with Gasteiger partial charge < -0.3 is 15.4 Å². The lowest BCUT2D eigenvalue weighted by Gasteiger charge is -2.16. The molecule has 0 radical (unpaired) electrons. The Hall–Kier alpha value is -1.83. The summed E-state index contributed by atoms with van der Waals surface area (Å²) in [6.45, 7) is -0.146. The molecule has 0 atom stereocenters. The van der Waals surface area contributed by atoms with Crippen molar-refractivity contribution < 1.29 is 22.7 Å². The maximum absolute atomic E-state index is 13.0. The first-order chi connectivity index (χ1) is 9.62. The summed E-state index contributed by atoms with van der Waals surface area (Å²) < 4.78 is 44.0. The minimum atomic E-state index is -4.60. The molecule has 0 heterocycles. The van der Waals surface area contributed by atoms with E-state index in [2.05, 4.69) is 12.2 Å². The normalized spacial score (nSPS) is 11.1. The van der Waals surface area contributed by atoms with Crippen molar-refractivity contribution in [3.8, 4) is 5.75 Å². The van der Waals surface area contributed by atoms with Gasteiger partial charge in [-0.2, -0.15) is 13.2 Å². The number of rotatable bonds is 5. The van der Waals surface area contributed by atoms with Gasteiger partial charge in [-0.15, -0.1) is 0 Å². The number of carbonyl (C=O) groups excluding carboxylic acids is 1. The summed E-state index contributed by atoms with van der Waals surface area (Å²) >= 11 is 4.66. The van der Waals surface area contributed by atoms with Crippen LogP contribution >= 0.6 is 12.2 Å². The average molecular weight is 320 g/mol. The molecule has 4 nitrogen and oxygen atoms in total. The van der Waals surface area contributed by atoms with E-state index in [4.69, 9.17) is 10.5 Å². The Morgan fingerprint density at radius 2 is 2.00 bits per heavy atom. The van der Waals surface area contributed by atoms with E-state index in [1.54, 1.807) is 14.1 Å². The fourth-order valence-electron chi connectivity index (χ4n) is 1.50. The van der Waals surface area contributed by atoms with Gasteiger partial charge in [-0.3, -0.25) is 4.79 Å². The predicted molar refractivity (Wildman–Crippen MR) is 76.1 cm³/mol. The van der Waals surface area contributed by atoms with Crippen LogP contribution in [0.4, 0.5) is 13.2 Å². The molecule has 0 saturated carbocycles. The highest BCUT2D eigenvalue weighted by Gasteiger charge is 2.34. The van der Waals surface area contributed by atoms with Gasteiger partial charge >= 0.3 is 6.18 Å². The van der Waals surface area contributed by atoms with Crippen molar-refractivity contribution in [2.24, 2.45) is 5.73 Å². The molecular weight excluding hydrogens is 305 g/mol. The lowest BCUT2D eigenvalue weighted by Crippen LogP contribution is -2.23. The summed E-state index contributed by atoms with van der Waals surface area (Å²) in [4.78, 5) is 12.6. The number of ether oxygens (including phenoxy) is 1. The standard InChI is InChI=1S/C13H15F3N2O2S/c1-18(2)11(19)5-6-20-10-4-3-8(12(17)21)7-9(10)13(14,15)16/h3-4,7H,5-6H2,1-2H3,(H2,17,21). The monoisotopic (exact) mass is 320 g/mol. The van der Waals surface area contributed by atoms with Crippen molar-refractivity contribution in [2.45, 2.75) is 12.6 Å². The molecule has 0 saturated heterocycles. The average Bonchev–Trinajstić information content (AvgIpc) is 2.37. The maximum atomic E-state index is 13.0. The van der Waals surface area contributed by atoms with E-state index < -0.39 is 11.7 Å². The van der Waals surface area contributed by atoms with Crippen molar-refractivity contribution in [3.05, 3.63) is 29.3 Å². The zero-order valence-electron chi connectivity index (χ0n) is 11.5. The first-order valence-corrected chi connectivity index (χ1v) is 6.37. The van der Waals surface area contributed by atoms with Gasteiger partial charge in [-0.05, 0) is 18.2 Å². The summed E-state index contributed by atoms with van der Waals surface area (Å²) in [5, 5.41) is 0. The molecule has 0 spiro atoms. The van der Waals surface area contributed by atoms with Gasteiger partial charge in [0.2, 0.25) is 5.91 Å². The molecule has 8 heteroatoms. The van der Waals surface area contributed by atoms with E-state index in [0.29, 0.717) is 0 Å². The highest BCUT2D eigenvalue weighted by Crippen LogP contribution is 2.36.